The van der Waals surface area contributed by atoms with Crippen LogP contribution in [0.25, 0.3) is 16.9 Å². The molecule has 0 radical (unpaired) electrons. The Labute approximate surface area is 155 Å². The second kappa shape index (κ2) is 7.17. The molecular formula is C22H17N3O2. The van der Waals surface area contributed by atoms with E-state index in [4.69, 9.17) is 0 Å². The zero-order valence-electron chi connectivity index (χ0n) is 14.4. The van der Waals surface area contributed by atoms with Crippen molar-refractivity contribution in [3.8, 4) is 16.9 Å². The Hall–Kier alpha value is -3.86. The minimum absolute atomic E-state index is 0.0777. The van der Waals surface area contributed by atoms with Crippen LogP contribution >= 0.6 is 0 Å². The maximum Gasteiger partial charge on any atom is 0.284 e. The number of rotatable bonds is 4. The van der Waals surface area contributed by atoms with Crippen LogP contribution in [0, 0.1) is 0 Å². The van der Waals surface area contributed by atoms with Gasteiger partial charge in [0.1, 0.15) is 5.56 Å². The highest BCUT2D eigenvalue weighted by Gasteiger charge is 2.23. The van der Waals surface area contributed by atoms with Crippen molar-refractivity contribution in [3.63, 3.8) is 0 Å². The molecule has 0 saturated carbocycles. The van der Waals surface area contributed by atoms with Crippen LogP contribution in [-0.4, -0.2) is 15.7 Å². The SMILES string of the molecule is O=C(Nc1ccccc1)c1c(-c2ccccc2)[nH]n(-c2ccccc2)c1=O. The van der Waals surface area contributed by atoms with Crippen molar-refractivity contribution in [2.45, 2.75) is 0 Å². The maximum absolute atomic E-state index is 13.1. The second-order valence-electron chi connectivity index (χ2n) is 6.02. The van der Waals surface area contributed by atoms with E-state index in [1.54, 1.807) is 12.1 Å². The lowest BCUT2D eigenvalue weighted by Gasteiger charge is -2.05. The first kappa shape index (κ1) is 16.6. The van der Waals surface area contributed by atoms with E-state index in [-0.39, 0.29) is 5.56 Å². The molecule has 4 rings (SSSR count). The van der Waals surface area contributed by atoms with Gasteiger partial charge in [0.15, 0.2) is 0 Å². The van der Waals surface area contributed by atoms with Crippen LogP contribution in [0.2, 0.25) is 0 Å². The summed E-state index contributed by atoms with van der Waals surface area (Å²) < 4.78 is 1.39. The molecule has 0 spiro atoms. The molecule has 1 amide bonds. The predicted molar refractivity (Wildman–Crippen MR) is 106 cm³/mol. The van der Waals surface area contributed by atoms with E-state index in [0.717, 1.165) is 5.56 Å². The van der Waals surface area contributed by atoms with E-state index in [9.17, 15) is 9.59 Å². The lowest BCUT2D eigenvalue weighted by molar-refractivity contribution is 0.102. The van der Waals surface area contributed by atoms with Crippen molar-refractivity contribution < 1.29 is 4.79 Å². The van der Waals surface area contributed by atoms with Crippen molar-refractivity contribution in [2.24, 2.45) is 0 Å². The molecule has 5 heteroatoms. The lowest BCUT2D eigenvalue weighted by Crippen LogP contribution is -2.24. The highest BCUT2D eigenvalue weighted by molar-refractivity contribution is 6.08. The normalized spacial score (nSPS) is 10.5. The van der Waals surface area contributed by atoms with E-state index >= 15 is 0 Å². The molecule has 5 nitrogen and oxygen atoms in total. The number of benzene rings is 3. The Bertz CT molecular complexity index is 1110. The smallest absolute Gasteiger partial charge is 0.284 e. The maximum atomic E-state index is 13.1. The largest absolute Gasteiger partial charge is 0.322 e. The van der Waals surface area contributed by atoms with Crippen molar-refractivity contribution in [3.05, 3.63) is 107 Å². The molecular weight excluding hydrogens is 338 g/mol. The number of para-hydroxylation sites is 2. The van der Waals surface area contributed by atoms with Gasteiger partial charge >= 0.3 is 0 Å². The van der Waals surface area contributed by atoms with Gasteiger partial charge in [-0.2, -0.15) is 0 Å². The quantitative estimate of drug-likeness (QED) is 0.579. The Balaban J connectivity index is 1.85. The zero-order valence-corrected chi connectivity index (χ0v) is 14.4. The van der Waals surface area contributed by atoms with Crippen molar-refractivity contribution in [2.75, 3.05) is 5.32 Å². The van der Waals surface area contributed by atoms with Crippen LogP contribution in [0.3, 0.4) is 0 Å². The topological polar surface area (TPSA) is 66.9 Å². The van der Waals surface area contributed by atoms with Crippen molar-refractivity contribution in [1.29, 1.82) is 0 Å². The van der Waals surface area contributed by atoms with Gasteiger partial charge in [-0.1, -0.05) is 66.7 Å². The standard InChI is InChI=1S/C22H17N3O2/c26-21(23-17-12-6-2-7-13-17)19-20(16-10-4-1-5-11-16)24-25(22(19)27)18-14-8-3-9-15-18/h1-15,24H,(H,23,26). The van der Waals surface area contributed by atoms with Gasteiger partial charge < -0.3 is 5.32 Å². The van der Waals surface area contributed by atoms with Crippen LogP contribution in [0.4, 0.5) is 5.69 Å². The summed E-state index contributed by atoms with van der Waals surface area (Å²) in [7, 11) is 0. The minimum Gasteiger partial charge on any atom is -0.322 e. The Morgan fingerprint density at radius 2 is 1.33 bits per heavy atom. The van der Waals surface area contributed by atoms with E-state index in [1.807, 2.05) is 78.9 Å². The van der Waals surface area contributed by atoms with Crippen LogP contribution in [0.15, 0.2) is 95.8 Å². The summed E-state index contributed by atoms with van der Waals surface area (Å²) >= 11 is 0. The number of aromatic amines is 1. The number of hydrogen-bond acceptors (Lipinski definition) is 2. The van der Waals surface area contributed by atoms with E-state index in [1.165, 1.54) is 4.68 Å². The average Bonchev–Trinajstić information content (AvgIpc) is 3.07. The van der Waals surface area contributed by atoms with E-state index < -0.39 is 11.5 Å². The predicted octanol–water partition coefficient (Wildman–Crippen LogP) is 4.08. The fourth-order valence-electron chi connectivity index (χ4n) is 2.94. The number of aromatic nitrogens is 2. The second-order valence-corrected chi connectivity index (χ2v) is 6.02. The third kappa shape index (κ3) is 3.30. The molecule has 1 aromatic heterocycles. The number of carbonyl (C=O) groups excluding carboxylic acids is 1. The summed E-state index contributed by atoms with van der Waals surface area (Å²) in [5, 5.41) is 5.89. The molecule has 4 aromatic rings. The Morgan fingerprint density at radius 3 is 1.96 bits per heavy atom. The molecule has 0 saturated heterocycles. The molecule has 0 bridgehead atoms. The van der Waals surface area contributed by atoms with Gasteiger partial charge in [-0.15, -0.1) is 0 Å². The summed E-state index contributed by atoms with van der Waals surface area (Å²) in [5.74, 6) is -0.448. The molecule has 0 aliphatic rings. The third-order valence-corrected chi connectivity index (χ3v) is 4.23. The highest BCUT2D eigenvalue weighted by Crippen LogP contribution is 2.21. The number of hydrogen-bond donors (Lipinski definition) is 2. The molecule has 27 heavy (non-hydrogen) atoms. The molecule has 3 aromatic carbocycles. The molecule has 0 aliphatic carbocycles. The summed E-state index contributed by atoms with van der Waals surface area (Å²) in [6, 6.07) is 27.6. The molecule has 0 aliphatic heterocycles. The van der Waals surface area contributed by atoms with Gasteiger partial charge in [-0.05, 0) is 24.3 Å². The highest BCUT2D eigenvalue weighted by atomic mass is 16.2. The number of carbonyl (C=O) groups is 1. The van der Waals surface area contributed by atoms with Gasteiger partial charge in [0.05, 0.1) is 11.4 Å². The first-order chi connectivity index (χ1) is 13.2. The van der Waals surface area contributed by atoms with Crippen LogP contribution < -0.4 is 10.9 Å². The third-order valence-electron chi connectivity index (χ3n) is 4.23. The molecule has 2 N–H and O–H groups in total. The van der Waals surface area contributed by atoms with Gasteiger partial charge in [0, 0.05) is 11.3 Å². The summed E-state index contributed by atoms with van der Waals surface area (Å²) in [6.45, 7) is 0. The zero-order chi connectivity index (χ0) is 18.6. The van der Waals surface area contributed by atoms with Crippen molar-refractivity contribution >= 4 is 11.6 Å². The van der Waals surface area contributed by atoms with Crippen molar-refractivity contribution in [1.82, 2.24) is 9.78 Å². The summed E-state index contributed by atoms with van der Waals surface area (Å²) in [6.07, 6.45) is 0. The van der Waals surface area contributed by atoms with Gasteiger partial charge in [-0.3, -0.25) is 14.7 Å². The summed E-state index contributed by atoms with van der Waals surface area (Å²) in [5.41, 5.74) is 2.23. The average molecular weight is 355 g/mol. The first-order valence-electron chi connectivity index (χ1n) is 8.56. The van der Waals surface area contributed by atoms with Crippen LogP contribution in [-0.2, 0) is 0 Å². The monoisotopic (exact) mass is 355 g/mol. The van der Waals surface area contributed by atoms with Gasteiger partial charge in [0.2, 0.25) is 0 Å². The lowest BCUT2D eigenvalue weighted by atomic mass is 10.1. The van der Waals surface area contributed by atoms with Gasteiger partial charge in [0.25, 0.3) is 11.5 Å². The fourth-order valence-corrected chi connectivity index (χ4v) is 2.94. The Kier molecular flexibility index (Phi) is 4.41. The van der Waals surface area contributed by atoms with Gasteiger partial charge in [-0.25, -0.2) is 4.68 Å². The number of H-pyrrole nitrogens is 1. The van der Waals surface area contributed by atoms with Crippen LogP contribution in [0.1, 0.15) is 10.4 Å². The molecule has 1 heterocycles. The van der Waals surface area contributed by atoms with Crippen LogP contribution in [0.5, 0.6) is 0 Å². The Morgan fingerprint density at radius 1 is 0.778 bits per heavy atom. The number of anilines is 1. The molecule has 0 atom stereocenters. The van der Waals surface area contributed by atoms with E-state index in [0.29, 0.717) is 17.1 Å². The summed E-state index contributed by atoms with van der Waals surface area (Å²) in [4.78, 5) is 26.0. The fraction of sp³-hybridized carbons (Fsp3) is 0. The minimum atomic E-state index is -0.448. The molecule has 132 valence electrons. The number of amides is 1. The number of nitrogens with one attached hydrogen (secondary N) is 2. The molecule has 0 fully saturated rings. The molecule has 0 unspecified atom stereocenters. The van der Waals surface area contributed by atoms with E-state index in [2.05, 4.69) is 10.4 Å². The number of nitrogens with zero attached hydrogens (tertiary/aromatic N) is 1. The first-order valence-corrected chi connectivity index (χ1v) is 8.56.